The first kappa shape index (κ1) is 20.3. The predicted octanol–water partition coefficient (Wildman–Crippen LogP) is 7.83. The zero-order valence-electron chi connectivity index (χ0n) is 18.1. The van der Waals surface area contributed by atoms with Crippen LogP contribution < -0.4 is 4.90 Å². The number of fused-ring (bicyclic) bond motifs is 2. The maximum atomic E-state index is 13.1. The van der Waals surface area contributed by atoms with Gasteiger partial charge in [-0.3, -0.25) is 9.59 Å². The van der Waals surface area contributed by atoms with Gasteiger partial charge in [-0.05, 0) is 65.4 Å². The third kappa shape index (κ3) is 3.45. The Morgan fingerprint density at radius 1 is 0.588 bits per heavy atom. The van der Waals surface area contributed by atoms with Gasteiger partial charge in [0.15, 0.2) is 11.6 Å². The molecule has 0 N–H and O–H groups in total. The van der Waals surface area contributed by atoms with Gasteiger partial charge in [-0.1, -0.05) is 60.7 Å². The van der Waals surface area contributed by atoms with E-state index < -0.39 is 0 Å². The standard InChI is InChI=1S/C30H19NO2S/c32-29-25-17-20-9-7-8-10-21(20)18-26(25)30(33)27(29)19-24-15-16-28(34-24)31(22-11-3-1-4-12-22)23-13-5-2-6-14-23/h1-19H. The van der Waals surface area contributed by atoms with Gasteiger partial charge in [-0.25, -0.2) is 0 Å². The van der Waals surface area contributed by atoms with E-state index in [-0.39, 0.29) is 17.1 Å². The lowest BCUT2D eigenvalue weighted by atomic mass is 10.0. The number of benzene rings is 4. The summed E-state index contributed by atoms with van der Waals surface area (Å²) in [6.45, 7) is 0. The lowest BCUT2D eigenvalue weighted by molar-refractivity contribution is 0.0990. The highest BCUT2D eigenvalue weighted by atomic mass is 32.1. The summed E-state index contributed by atoms with van der Waals surface area (Å²) in [5, 5.41) is 2.93. The normalized spacial score (nSPS) is 12.8. The molecule has 6 rings (SSSR count). The van der Waals surface area contributed by atoms with E-state index in [4.69, 9.17) is 0 Å². The molecule has 0 bridgehead atoms. The highest BCUT2D eigenvalue weighted by molar-refractivity contribution is 7.17. The van der Waals surface area contributed by atoms with Gasteiger partial charge in [0.25, 0.3) is 0 Å². The topological polar surface area (TPSA) is 37.4 Å². The van der Waals surface area contributed by atoms with Crippen LogP contribution in [0.15, 0.2) is 115 Å². The average molecular weight is 458 g/mol. The van der Waals surface area contributed by atoms with Crippen LogP contribution in [0.4, 0.5) is 16.4 Å². The monoisotopic (exact) mass is 457 g/mol. The fourth-order valence-electron chi connectivity index (χ4n) is 4.38. The molecule has 4 aromatic carbocycles. The Kier molecular flexibility index (Phi) is 4.93. The number of anilines is 3. The van der Waals surface area contributed by atoms with Crippen molar-refractivity contribution in [3.8, 4) is 0 Å². The van der Waals surface area contributed by atoms with Crippen LogP contribution in [0, 0.1) is 0 Å². The Hall–Kier alpha value is -4.28. The lowest BCUT2D eigenvalue weighted by Crippen LogP contribution is -2.07. The fourth-order valence-corrected chi connectivity index (χ4v) is 5.37. The molecule has 1 aliphatic rings. The molecule has 0 saturated heterocycles. The number of para-hydroxylation sites is 2. The van der Waals surface area contributed by atoms with Gasteiger partial charge in [-0.15, -0.1) is 11.3 Å². The van der Waals surface area contributed by atoms with Crippen LogP contribution in [0.25, 0.3) is 16.8 Å². The molecular formula is C30H19NO2S. The summed E-state index contributed by atoms with van der Waals surface area (Å²) in [6, 6.07) is 35.8. The Balaban J connectivity index is 1.39. The van der Waals surface area contributed by atoms with Gasteiger partial charge < -0.3 is 4.90 Å². The van der Waals surface area contributed by atoms with Crippen molar-refractivity contribution in [3.05, 3.63) is 131 Å². The minimum absolute atomic E-state index is 0.205. The number of Topliss-reactive ketones (excluding diaryl/α,β-unsaturated/α-hetero) is 2. The first-order valence-electron chi connectivity index (χ1n) is 11.0. The Bertz CT molecular complexity index is 1490. The van der Waals surface area contributed by atoms with Crippen molar-refractivity contribution >= 4 is 56.1 Å². The summed E-state index contributed by atoms with van der Waals surface area (Å²) >= 11 is 1.55. The number of carbonyl (C=O) groups excluding carboxylic acids is 2. The Labute approximate surface area is 201 Å². The van der Waals surface area contributed by atoms with Gasteiger partial charge in [0.05, 0.1) is 5.57 Å². The van der Waals surface area contributed by atoms with Crippen LogP contribution >= 0.6 is 11.3 Å². The molecule has 162 valence electrons. The number of hydrogen-bond acceptors (Lipinski definition) is 4. The fraction of sp³-hybridized carbons (Fsp3) is 0. The lowest BCUT2D eigenvalue weighted by Gasteiger charge is -2.23. The molecule has 3 nitrogen and oxygen atoms in total. The summed E-state index contributed by atoms with van der Waals surface area (Å²) in [5.74, 6) is -0.410. The van der Waals surface area contributed by atoms with E-state index in [0.29, 0.717) is 11.1 Å². The van der Waals surface area contributed by atoms with E-state index in [9.17, 15) is 9.59 Å². The SMILES string of the molecule is O=C1C(=Cc2ccc(N(c3ccccc3)c3ccccc3)s2)C(=O)c2cc3ccccc3cc21. The van der Waals surface area contributed by atoms with Crippen molar-refractivity contribution < 1.29 is 9.59 Å². The van der Waals surface area contributed by atoms with Crippen molar-refractivity contribution in [2.75, 3.05) is 4.90 Å². The van der Waals surface area contributed by atoms with E-state index >= 15 is 0 Å². The molecule has 0 unspecified atom stereocenters. The molecule has 0 radical (unpaired) electrons. The van der Waals surface area contributed by atoms with Gasteiger partial charge >= 0.3 is 0 Å². The van der Waals surface area contributed by atoms with E-state index in [1.807, 2.05) is 84.9 Å². The number of nitrogens with zero attached hydrogens (tertiary/aromatic N) is 1. The molecule has 0 atom stereocenters. The third-order valence-corrected chi connectivity index (χ3v) is 7.03. The summed E-state index contributed by atoms with van der Waals surface area (Å²) in [6.07, 6.45) is 1.73. The van der Waals surface area contributed by atoms with Crippen molar-refractivity contribution in [1.29, 1.82) is 0 Å². The molecular weight excluding hydrogens is 438 g/mol. The quantitative estimate of drug-likeness (QED) is 0.204. The van der Waals surface area contributed by atoms with Crippen molar-refractivity contribution in [2.24, 2.45) is 0 Å². The molecule has 0 aliphatic heterocycles. The maximum absolute atomic E-state index is 13.1. The molecule has 34 heavy (non-hydrogen) atoms. The highest BCUT2D eigenvalue weighted by Crippen LogP contribution is 2.40. The van der Waals surface area contributed by atoms with Gasteiger partial charge in [0.2, 0.25) is 0 Å². The maximum Gasteiger partial charge on any atom is 0.197 e. The average Bonchev–Trinajstić information content (AvgIpc) is 3.43. The molecule has 1 heterocycles. The number of hydrogen-bond donors (Lipinski definition) is 0. The van der Waals surface area contributed by atoms with E-state index in [1.54, 1.807) is 17.4 Å². The molecule has 0 fully saturated rings. The van der Waals surface area contributed by atoms with E-state index in [0.717, 1.165) is 32.0 Å². The minimum atomic E-state index is -0.205. The summed E-state index contributed by atoms with van der Waals surface area (Å²) in [5.41, 5.74) is 3.29. The molecule has 0 amide bonds. The first-order valence-corrected chi connectivity index (χ1v) is 11.8. The minimum Gasteiger partial charge on any atom is -0.302 e. The first-order chi connectivity index (χ1) is 16.7. The van der Waals surface area contributed by atoms with Crippen molar-refractivity contribution in [2.45, 2.75) is 0 Å². The largest absolute Gasteiger partial charge is 0.302 e. The van der Waals surface area contributed by atoms with Crippen LogP contribution in [-0.4, -0.2) is 11.6 Å². The number of carbonyl (C=O) groups is 2. The second-order valence-electron chi connectivity index (χ2n) is 8.14. The second kappa shape index (κ2) is 8.25. The van der Waals surface area contributed by atoms with Crippen LogP contribution in [-0.2, 0) is 0 Å². The van der Waals surface area contributed by atoms with E-state index in [2.05, 4.69) is 29.2 Å². The predicted molar refractivity (Wildman–Crippen MR) is 140 cm³/mol. The molecule has 5 aromatic rings. The van der Waals surface area contributed by atoms with Gasteiger partial charge in [0.1, 0.15) is 5.00 Å². The van der Waals surface area contributed by atoms with E-state index in [1.165, 1.54) is 0 Å². The van der Waals surface area contributed by atoms with Crippen LogP contribution in [0.3, 0.4) is 0 Å². The van der Waals surface area contributed by atoms with Crippen LogP contribution in [0.5, 0.6) is 0 Å². The van der Waals surface area contributed by atoms with Crippen molar-refractivity contribution in [3.63, 3.8) is 0 Å². The summed E-state index contributed by atoms with van der Waals surface area (Å²) < 4.78 is 0. The smallest absolute Gasteiger partial charge is 0.197 e. The van der Waals surface area contributed by atoms with Crippen LogP contribution in [0.2, 0.25) is 0 Å². The zero-order valence-corrected chi connectivity index (χ0v) is 19.0. The molecule has 0 saturated carbocycles. The molecule has 1 aromatic heterocycles. The summed E-state index contributed by atoms with van der Waals surface area (Å²) in [7, 11) is 0. The van der Waals surface area contributed by atoms with Crippen molar-refractivity contribution in [1.82, 2.24) is 0 Å². The van der Waals surface area contributed by atoms with Gasteiger partial charge in [-0.2, -0.15) is 0 Å². The molecule has 0 spiro atoms. The highest BCUT2D eigenvalue weighted by Gasteiger charge is 2.33. The number of ketones is 2. The second-order valence-corrected chi connectivity index (χ2v) is 9.24. The molecule has 1 aliphatic carbocycles. The number of allylic oxidation sites excluding steroid dienone is 1. The Morgan fingerprint density at radius 2 is 1.09 bits per heavy atom. The number of rotatable bonds is 4. The Morgan fingerprint density at radius 3 is 1.62 bits per heavy atom. The summed E-state index contributed by atoms with van der Waals surface area (Å²) in [4.78, 5) is 29.3. The van der Waals surface area contributed by atoms with Crippen LogP contribution in [0.1, 0.15) is 25.6 Å². The van der Waals surface area contributed by atoms with Gasteiger partial charge in [0, 0.05) is 27.4 Å². The molecule has 4 heteroatoms. The number of thiophene rings is 1. The zero-order chi connectivity index (χ0) is 23.1. The third-order valence-electron chi connectivity index (χ3n) is 6.01.